The maximum absolute atomic E-state index is 13.2. The first kappa shape index (κ1) is 21.8. The van der Waals surface area contributed by atoms with Gasteiger partial charge < -0.3 is 19.9 Å². The van der Waals surface area contributed by atoms with Crippen molar-refractivity contribution in [2.75, 3.05) is 26.4 Å². The highest BCUT2D eigenvalue weighted by Crippen LogP contribution is 2.31. The molecule has 1 atom stereocenters. The van der Waals surface area contributed by atoms with Crippen LogP contribution in [0.25, 0.3) is 0 Å². The number of aliphatic hydroxyl groups excluding tert-OH is 1. The van der Waals surface area contributed by atoms with Gasteiger partial charge in [0.05, 0.1) is 6.61 Å². The lowest BCUT2D eigenvalue weighted by molar-refractivity contribution is -0.126. The number of aliphatic hydroxyl groups is 1. The second kappa shape index (κ2) is 9.83. The van der Waals surface area contributed by atoms with Crippen molar-refractivity contribution in [1.82, 2.24) is 5.32 Å². The van der Waals surface area contributed by atoms with Crippen LogP contribution < -0.4 is 10.1 Å². The second-order valence-corrected chi connectivity index (χ2v) is 8.96. The van der Waals surface area contributed by atoms with Crippen LogP contribution in [0.3, 0.4) is 0 Å². The molecule has 1 fully saturated rings. The highest BCUT2D eigenvalue weighted by molar-refractivity contribution is 9.10. The van der Waals surface area contributed by atoms with Crippen LogP contribution in [0.5, 0.6) is 5.75 Å². The molecule has 0 unspecified atom stereocenters. The quantitative estimate of drug-likeness (QED) is 0.503. The Bertz CT molecular complexity index is 943. The molecule has 1 saturated carbocycles. The monoisotopic (exact) mass is 486 g/mol. The van der Waals surface area contributed by atoms with E-state index >= 15 is 0 Å². The van der Waals surface area contributed by atoms with Crippen molar-refractivity contribution in [3.63, 3.8) is 0 Å². The van der Waals surface area contributed by atoms with Gasteiger partial charge in [-0.1, -0.05) is 34.1 Å². The standard InChI is InChI=1S/C24H27BrN2O4/c25-21-5-2-1-4-19(21)14-24(23(29)26-15-17-6-7-17)16-31-22(27-24)18-8-10-20(11-9-18)30-13-3-12-28/h1-2,4-5,8-11,17,28H,3,6-7,12-16H2,(H,26,29)/t24-/m1/s1. The predicted molar refractivity (Wildman–Crippen MR) is 122 cm³/mol. The summed E-state index contributed by atoms with van der Waals surface area (Å²) < 4.78 is 12.5. The fourth-order valence-corrected chi connectivity index (χ4v) is 3.94. The summed E-state index contributed by atoms with van der Waals surface area (Å²) in [6.45, 7) is 1.46. The molecule has 2 aliphatic rings. The molecule has 0 aromatic heterocycles. The maximum Gasteiger partial charge on any atom is 0.251 e. The predicted octanol–water partition coefficient (Wildman–Crippen LogP) is 3.49. The van der Waals surface area contributed by atoms with E-state index in [2.05, 4.69) is 21.2 Å². The van der Waals surface area contributed by atoms with Gasteiger partial charge in [0.15, 0.2) is 5.54 Å². The molecule has 1 aliphatic carbocycles. The van der Waals surface area contributed by atoms with Crippen LogP contribution in [0.4, 0.5) is 0 Å². The number of aliphatic imine (C=N–C) groups is 1. The smallest absolute Gasteiger partial charge is 0.251 e. The molecule has 0 saturated heterocycles. The van der Waals surface area contributed by atoms with Gasteiger partial charge in [-0.05, 0) is 54.7 Å². The van der Waals surface area contributed by atoms with E-state index in [4.69, 9.17) is 19.6 Å². The van der Waals surface area contributed by atoms with Crippen LogP contribution in [0.15, 0.2) is 58.0 Å². The van der Waals surface area contributed by atoms with Crippen molar-refractivity contribution < 1.29 is 19.4 Å². The molecule has 4 rings (SSSR count). The van der Waals surface area contributed by atoms with E-state index in [-0.39, 0.29) is 19.1 Å². The molecular weight excluding hydrogens is 460 g/mol. The van der Waals surface area contributed by atoms with Gasteiger partial charge in [-0.2, -0.15) is 0 Å². The Hall–Kier alpha value is -2.38. The Balaban J connectivity index is 1.55. The summed E-state index contributed by atoms with van der Waals surface area (Å²) >= 11 is 3.59. The summed E-state index contributed by atoms with van der Waals surface area (Å²) in [7, 11) is 0. The molecule has 2 N–H and O–H groups in total. The lowest BCUT2D eigenvalue weighted by atomic mass is 9.91. The molecule has 0 radical (unpaired) electrons. The molecule has 0 bridgehead atoms. The van der Waals surface area contributed by atoms with E-state index < -0.39 is 5.54 Å². The van der Waals surface area contributed by atoms with Crippen LogP contribution in [0.1, 0.15) is 30.4 Å². The molecule has 1 heterocycles. The fraction of sp³-hybridized carbons (Fsp3) is 0.417. The number of benzene rings is 2. The minimum absolute atomic E-state index is 0.0888. The van der Waals surface area contributed by atoms with Gasteiger partial charge in [-0.25, -0.2) is 4.99 Å². The number of ether oxygens (including phenoxy) is 2. The van der Waals surface area contributed by atoms with Crippen molar-refractivity contribution in [3.8, 4) is 5.75 Å². The van der Waals surface area contributed by atoms with Gasteiger partial charge in [0, 0.05) is 36.0 Å². The largest absolute Gasteiger partial charge is 0.494 e. The number of hydrogen-bond acceptors (Lipinski definition) is 5. The number of nitrogens with zero attached hydrogens (tertiary/aromatic N) is 1. The van der Waals surface area contributed by atoms with E-state index in [1.165, 1.54) is 12.8 Å². The van der Waals surface area contributed by atoms with Crippen LogP contribution in [-0.2, 0) is 16.0 Å². The number of amides is 1. The Morgan fingerprint density at radius 2 is 2.00 bits per heavy atom. The van der Waals surface area contributed by atoms with Crippen molar-refractivity contribution in [1.29, 1.82) is 0 Å². The first-order valence-electron chi connectivity index (χ1n) is 10.7. The van der Waals surface area contributed by atoms with Gasteiger partial charge in [0.1, 0.15) is 12.4 Å². The van der Waals surface area contributed by atoms with E-state index in [0.29, 0.717) is 37.8 Å². The molecule has 31 heavy (non-hydrogen) atoms. The van der Waals surface area contributed by atoms with Crippen LogP contribution in [0, 0.1) is 5.92 Å². The highest BCUT2D eigenvalue weighted by Gasteiger charge is 2.45. The molecular formula is C24H27BrN2O4. The lowest BCUT2D eigenvalue weighted by Crippen LogP contribution is -2.49. The van der Waals surface area contributed by atoms with E-state index in [1.54, 1.807) is 0 Å². The second-order valence-electron chi connectivity index (χ2n) is 8.11. The lowest BCUT2D eigenvalue weighted by Gasteiger charge is -2.23. The van der Waals surface area contributed by atoms with Crippen molar-refractivity contribution in [2.24, 2.45) is 10.9 Å². The number of nitrogens with one attached hydrogen (secondary N) is 1. The summed E-state index contributed by atoms with van der Waals surface area (Å²) in [5, 5.41) is 12.0. The van der Waals surface area contributed by atoms with Gasteiger partial charge in [0.25, 0.3) is 5.91 Å². The summed E-state index contributed by atoms with van der Waals surface area (Å²) in [6, 6.07) is 15.4. The van der Waals surface area contributed by atoms with Crippen LogP contribution in [-0.4, -0.2) is 48.8 Å². The molecule has 2 aromatic rings. The zero-order chi connectivity index (χ0) is 21.7. The molecule has 7 heteroatoms. The topological polar surface area (TPSA) is 80.2 Å². The van der Waals surface area contributed by atoms with Gasteiger partial charge in [-0.3, -0.25) is 4.79 Å². The number of rotatable bonds is 10. The summed E-state index contributed by atoms with van der Waals surface area (Å²) in [4.78, 5) is 18.1. The molecule has 0 spiro atoms. The molecule has 2 aromatic carbocycles. The third-order valence-corrected chi connectivity index (χ3v) is 6.32. The third kappa shape index (κ3) is 5.46. The highest BCUT2D eigenvalue weighted by atomic mass is 79.9. The Morgan fingerprint density at radius 3 is 2.71 bits per heavy atom. The first-order chi connectivity index (χ1) is 15.1. The Kier molecular flexibility index (Phi) is 6.92. The summed E-state index contributed by atoms with van der Waals surface area (Å²) in [5.41, 5.74) is 0.827. The van der Waals surface area contributed by atoms with Crippen molar-refractivity contribution >= 4 is 27.7 Å². The number of hydrogen-bond donors (Lipinski definition) is 2. The SMILES string of the molecule is O=C(NCC1CC1)[C@@]1(Cc2ccccc2Br)COC(c2ccc(OCCCO)cc2)=N1. The van der Waals surface area contributed by atoms with Crippen molar-refractivity contribution in [3.05, 3.63) is 64.1 Å². The van der Waals surface area contributed by atoms with E-state index in [1.807, 2.05) is 48.5 Å². The van der Waals surface area contributed by atoms with E-state index in [0.717, 1.165) is 21.3 Å². The maximum atomic E-state index is 13.2. The van der Waals surface area contributed by atoms with Gasteiger partial charge >= 0.3 is 0 Å². The van der Waals surface area contributed by atoms with E-state index in [9.17, 15) is 4.79 Å². The van der Waals surface area contributed by atoms with Gasteiger partial charge in [-0.15, -0.1) is 0 Å². The number of carbonyl (C=O) groups is 1. The van der Waals surface area contributed by atoms with Crippen molar-refractivity contribution in [2.45, 2.75) is 31.2 Å². The number of halogens is 1. The zero-order valence-electron chi connectivity index (χ0n) is 17.4. The third-order valence-electron chi connectivity index (χ3n) is 5.55. The first-order valence-corrected chi connectivity index (χ1v) is 11.5. The molecule has 6 nitrogen and oxygen atoms in total. The summed E-state index contributed by atoms with van der Waals surface area (Å²) in [5.74, 6) is 1.69. The minimum atomic E-state index is -0.996. The van der Waals surface area contributed by atoms with Gasteiger partial charge in [0.2, 0.25) is 5.90 Å². The number of carbonyl (C=O) groups excluding carboxylic acids is 1. The molecule has 164 valence electrons. The minimum Gasteiger partial charge on any atom is -0.494 e. The fourth-order valence-electron chi connectivity index (χ4n) is 3.51. The Morgan fingerprint density at radius 1 is 1.23 bits per heavy atom. The normalized spacial score (nSPS) is 20.1. The molecule has 1 amide bonds. The average molecular weight is 487 g/mol. The summed E-state index contributed by atoms with van der Waals surface area (Å²) in [6.07, 6.45) is 3.40. The van der Waals surface area contributed by atoms with Crippen LogP contribution in [0.2, 0.25) is 0 Å². The van der Waals surface area contributed by atoms with Crippen LogP contribution >= 0.6 is 15.9 Å². The molecule has 1 aliphatic heterocycles. The zero-order valence-corrected chi connectivity index (χ0v) is 18.9. The Labute approximate surface area is 190 Å². The average Bonchev–Trinajstić information content (AvgIpc) is 3.52.